The third kappa shape index (κ3) is 12.4. The minimum atomic E-state index is -1.89. The number of carbonyl (C=O) groups is 7. The molecule has 21 heteroatoms. The summed E-state index contributed by atoms with van der Waals surface area (Å²) >= 11 is 6.79. The monoisotopic (exact) mass is 966 g/mol. The number of hydroxylamine groups is 2. The first-order valence-electron chi connectivity index (χ1n) is 21.2. The van der Waals surface area contributed by atoms with E-state index in [0.29, 0.717) is 35.1 Å². The zero-order valence-electron chi connectivity index (χ0n) is 38.1. The first-order valence-corrected chi connectivity index (χ1v) is 24.0. The molecule has 1 aromatic rings. The molecule has 2 N–H and O–H groups in total. The molecule has 0 spiro atoms. The van der Waals surface area contributed by atoms with Gasteiger partial charge in [0.25, 0.3) is 11.8 Å². The van der Waals surface area contributed by atoms with Crippen LogP contribution in [0.4, 0.5) is 10.5 Å². The molecule has 1 aromatic carbocycles. The number of imide groups is 1. The molecule has 3 fully saturated rings. The largest absolute Gasteiger partial charge is 0.495 e. The topological polar surface area (TPSA) is 217 Å². The second kappa shape index (κ2) is 21.5. The van der Waals surface area contributed by atoms with Gasteiger partial charge in [0.2, 0.25) is 11.8 Å². The molecule has 18 nitrogen and oxygen atoms in total. The van der Waals surface area contributed by atoms with Gasteiger partial charge in [-0.1, -0.05) is 63.9 Å². The van der Waals surface area contributed by atoms with Gasteiger partial charge < -0.3 is 43.4 Å². The van der Waals surface area contributed by atoms with E-state index >= 15 is 0 Å². The van der Waals surface area contributed by atoms with Crippen molar-refractivity contribution in [2.75, 3.05) is 39.0 Å². The van der Waals surface area contributed by atoms with Crippen molar-refractivity contribution in [1.29, 1.82) is 0 Å². The Hall–Kier alpha value is -4.34. The number of amides is 5. The molecule has 3 saturated heterocycles. The number of nitrogens with one attached hydrogen (secondary N) is 1. The molecule has 5 amide bonds. The number of ether oxygens (including phenoxy) is 5. The number of alkyl carbamates (subject to hydrolysis) is 1. The smallest absolute Gasteiger partial charge is 0.409 e. The highest BCUT2D eigenvalue weighted by Crippen LogP contribution is 2.50. The van der Waals surface area contributed by atoms with Crippen molar-refractivity contribution in [3.8, 4) is 5.75 Å². The van der Waals surface area contributed by atoms with Gasteiger partial charge in [0.1, 0.15) is 46.3 Å². The van der Waals surface area contributed by atoms with Crippen LogP contribution in [-0.2, 0) is 59.0 Å². The second-order valence-electron chi connectivity index (χ2n) is 17.2. The van der Waals surface area contributed by atoms with E-state index in [1.807, 2.05) is 19.9 Å². The van der Waals surface area contributed by atoms with E-state index in [4.69, 9.17) is 40.1 Å². The van der Waals surface area contributed by atoms with Gasteiger partial charge in [-0.25, -0.2) is 14.4 Å². The van der Waals surface area contributed by atoms with Crippen LogP contribution in [0.3, 0.4) is 0 Å². The van der Waals surface area contributed by atoms with Crippen molar-refractivity contribution in [3.63, 3.8) is 0 Å². The number of esters is 1. The number of hydrogen-bond donors (Lipinski definition) is 2. The molecule has 5 heterocycles. The summed E-state index contributed by atoms with van der Waals surface area (Å²) in [6.07, 6.45) is 1.66. The van der Waals surface area contributed by atoms with Gasteiger partial charge in [-0.15, -0.1) is 5.06 Å². The number of halogens is 1. The van der Waals surface area contributed by atoms with Crippen LogP contribution in [-0.4, -0.2) is 137 Å². The normalized spacial score (nSPS) is 29.3. The number of benzene rings is 1. The van der Waals surface area contributed by atoms with E-state index in [0.717, 1.165) is 11.1 Å². The van der Waals surface area contributed by atoms with Crippen LogP contribution in [0.15, 0.2) is 35.9 Å². The van der Waals surface area contributed by atoms with Crippen LogP contribution in [0.25, 0.3) is 0 Å². The summed E-state index contributed by atoms with van der Waals surface area (Å²) in [5.41, 5.74) is -2.37. The lowest BCUT2D eigenvalue weighted by Crippen LogP contribution is -2.72. The third-order valence-corrected chi connectivity index (χ3v) is 15.4. The molecule has 5 aliphatic rings. The molecule has 6 bridgehead atoms. The summed E-state index contributed by atoms with van der Waals surface area (Å²) in [6, 6.07) is 2.46. The van der Waals surface area contributed by atoms with E-state index in [2.05, 4.69) is 5.32 Å². The number of fused-ring (bicyclic) bond motifs is 6. The molecular weight excluding hydrogens is 908 g/mol. The van der Waals surface area contributed by atoms with Crippen LogP contribution >= 0.6 is 33.2 Å². The van der Waals surface area contributed by atoms with Gasteiger partial charge in [0, 0.05) is 70.7 Å². The summed E-state index contributed by atoms with van der Waals surface area (Å²) in [7, 11) is 8.78. The van der Waals surface area contributed by atoms with E-state index in [9.17, 15) is 38.7 Å². The van der Waals surface area contributed by atoms with Crippen molar-refractivity contribution in [2.24, 2.45) is 0 Å². The van der Waals surface area contributed by atoms with Crippen molar-refractivity contribution in [3.05, 3.63) is 46.5 Å². The summed E-state index contributed by atoms with van der Waals surface area (Å²) < 4.78 is 29.6. The van der Waals surface area contributed by atoms with Gasteiger partial charge in [0.15, 0.2) is 5.72 Å². The number of hydrogen-bond acceptors (Lipinski definition) is 16. The SMILES string of the molecule is COc1cc2cc(c1Cl)N(C)C(=O)CC(OC(=O)C(C)N(C)C(=O)CCSSC(C)CCC(=O)ON1C(=O)CCC1=O)C1(C)CC(C)(O1)C1CC(O)(NC(=O)O1)C(OC)/C=C/C=C(\C)C2. The van der Waals surface area contributed by atoms with Crippen molar-refractivity contribution >= 4 is 80.5 Å². The van der Waals surface area contributed by atoms with Crippen molar-refractivity contribution < 1.29 is 67.2 Å². The Morgan fingerprint density at radius 3 is 2.38 bits per heavy atom. The highest BCUT2D eigenvalue weighted by atomic mass is 35.5. The van der Waals surface area contributed by atoms with E-state index in [-0.39, 0.29) is 61.1 Å². The maximum atomic E-state index is 14.3. The average molecular weight is 968 g/mol. The number of aliphatic hydroxyl groups is 1. The predicted octanol–water partition coefficient (Wildman–Crippen LogP) is 5.21. The van der Waals surface area contributed by atoms with Crippen molar-refractivity contribution in [1.82, 2.24) is 15.3 Å². The Kier molecular flexibility index (Phi) is 17.1. The molecule has 0 aromatic heterocycles. The van der Waals surface area contributed by atoms with Crippen LogP contribution in [0.1, 0.15) is 91.5 Å². The molecule has 0 aliphatic carbocycles. The maximum Gasteiger partial charge on any atom is 0.409 e. The quantitative estimate of drug-likeness (QED) is 0.106. The molecule has 8 unspecified atom stereocenters. The number of anilines is 1. The molecule has 5 aliphatic heterocycles. The predicted molar refractivity (Wildman–Crippen MR) is 242 cm³/mol. The van der Waals surface area contributed by atoms with Gasteiger partial charge >= 0.3 is 18.0 Å². The molecule has 65 heavy (non-hydrogen) atoms. The standard InChI is InChI=1S/C44H59ClN4O14S2/c1-25-11-10-12-31(59-9)44(57)23-33(61-41(56)46-44)43(5)24-42(4,63-43)32(22-37(53)48(7)29-20-28(19-25)21-30(58-8)39(29)45)60-40(55)27(3)47(6)34(50)17-18-64-65-26(2)13-16-38(54)62-49-35(51)14-15-36(49)52/h10-12,20-21,26-27,31-33,57H,13-19,22-24H2,1-9H3,(H,46,56)/b12-10+,25-11+. The minimum Gasteiger partial charge on any atom is -0.495 e. The molecule has 0 saturated carbocycles. The van der Waals surface area contributed by atoms with Crippen LogP contribution in [0.2, 0.25) is 5.02 Å². The van der Waals surface area contributed by atoms with Crippen LogP contribution < -0.4 is 15.0 Å². The summed E-state index contributed by atoms with van der Waals surface area (Å²) in [5.74, 6) is -2.65. The number of methoxy groups -OCH3 is 2. The van der Waals surface area contributed by atoms with E-state index < -0.39 is 77.0 Å². The minimum absolute atomic E-state index is 0.00596. The highest BCUT2D eigenvalue weighted by molar-refractivity contribution is 8.76. The number of nitrogens with zero attached hydrogens (tertiary/aromatic N) is 3. The Morgan fingerprint density at radius 2 is 1.74 bits per heavy atom. The third-order valence-electron chi connectivity index (χ3n) is 12.0. The number of likely N-dealkylation sites (N-methyl/N-ethyl adjacent to an activating group) is 1. The first-order chi connectivity index (χ1) is 30.5. The molecule has 358 valence electrons. The number of carbonyl (C=O) groups excluding carboxylic acids is 7. The fraction of sp³-hybridized carbons (Fsp3) is 0.614. The maximum absolute atomic E-state index is 14.3. The molecular formula is C44H59ClN4O14S2. The second-order valence-corrected chi connectivity index (χ2v) is 20.5. The average Bonchev–Trinajstić information content (AvgIpc) is 3.55. The lowest BCUT2D eigenvalue weighted by Gasteiger charge is -2.59. The van der Waals surface area contributed by atoms with Crippen LogP contribution in [0, 0.1) is 0 Å². The van der Waals surface area contributed by atoms with Gasteiger partial charge in [0.05, 0.1) is 19.2 Å². The van der Waals surface area contributed by atoms with E-state index in [1.54, 1.807) is 45.2 Å². The Morgan fingerprint density at radius 1 is 1.06 bits per heavy atom. The Bertz CT molecular complexity index is 2060. The highest BCUT2D eigenvalue weighted by Gasteiger charge is 2.63. The summed E-state index contributed by atoms with van der Waals surface area (Å²) in [4.78, 5) is 97.7. The van der Waals surface area contributed by atoms with E-state index in [1.165, 1.54) is 59.6 Å². The zero-order chi connectivity index (χ0) is 48.0. The molecule has 0 radical (unpaired) electrons. The molecule has 6 rings (SSSR count). The summed E-state index contributed by atoms with van der Waals surface area (Å²) in [6.45, 7) is 8.70. The molecule has 8 atom stereocenters. The lowest BCUT2D eigenvalue weighted by molar-refractivity contribution is -0.328. The fourth-order valence-electron chi connectivity index (χ4n) is 8.16. The summed E-state index contributed by atoms with van der Waals surface area (Å²) in [5, 5.41) is 15.0. The van der Waals surface area contributed by atoms with Crippen LogP contribution in [0.5, 0.6) is 5.75 Å². The number of rotatable bonds is 14. The Labute approximate surface area is 391 Å². The van der Waals surface area contributed by atoms with Gasteiger partial charge in [-0.3, -0.25) is 24.5 Å². The van der Waals surface area contributed by atoms with Gasteiger partial charge in [-0.2, -0.15) is 0 Å². The Balaban J connectivity index is 1.29. The van der Waals surface area contributed by atoms with Crippen molar-refractivity contribution in [2.45, 2.75) is 139 Å². The van der Waals surface area contributed by atoms with Gasteiger partial charge in [-0.05, 0) is 58.2 Å². The zero-order valence-corrected chi connectivity index (χ0v) is 40.5. The first kappa shape index (κ1) is 51.6. The fourth-order valence-corrected chi connectivity index (χ4v) is 10.8. The lowest BCUT2D eigenvalue weighted by atomic mass is 9.72. The number of allylic oxidation sites excluding steroid dienone is 3.